The van der Waals surface area contributed by atoms with Gasteiger partial charge in [0, 0.05) is 0 Å². The van der Waals surface area contributed by atoms with Crippen molar-refractivity contribution in [3.05, 3.63) is 47.2 Å². The van der Waals surface area contributed by atoms with E-state index in [9.17, 15) is 5.11 Å². The molecule has 0 spiro atoms. The van der Waals surface area contributed by atoms with E-state index >= 15 is 0 Å². The monoisotopic (exact) mass is 270 g/mol. The summed E-state index contributed by atoms with van der Waals surface area (Å²) in [6, 6.07) is 9.79. The molecule has 3 aromatic rings. The summed E-state index contributed by atoms with van der Waals surface area (Å²) in [5.74, 6) is 0.398. The number of aliphatic hydroxyl groups excluding tert-OH is 1. The van der Waals surface area contributed by atoms with Crippen molar-refractivity contribution in [2.45, 2.75) is 20.1 Å². The number of benzene rings is 1. The van der Waals surface area contributed by atoms with Crippen LogP contribution in [-0.2, 0) is 13.2 Å². The fraction of sp³-hybridized carbons (Fsp3) is 0.214. The normalized spacial score (nSPS) is 10.9. The minimum absolute atomic E-state index is 0.194. The first-order valence-corrected chi connectivity index (χ1v) is 6.27. The molecule has 0 saturated carbocycles. The minimum Gasteiger partial charge on any atom is -0.472 e. The zero-order valence-electron chi connectivity index (χ0n) is 11.0. The van der Waals surface area contributed by atoms with Crippen LogP contribution in [0.5, 0.6) is 5.88 Å². The van der Waals surface area contributed by atoms with Crippen LogP contribution in [0.25, 0.3) is 11.0 Å². The van der Waals surface area contributed by atoms with Crippen molar-refractivity contribution in [1.29, 1.82) is 0 Å². The van der Waals surface area contributed by atoms with Crippen molar-refractivity contribution in [3.8, 4) is 5.88 Å². The molecule has 2 heterocycles. The van der Waals surface area contributed by atoms with Gasteiger partial charge in [0.1, 0.15) is 17.6 Å². The summed E-state index contributed by atoms with van der Waals surface area (Å²) < 4.78 is 5.72. The number of aromatic nitrogens is 4. The smallest absolute Gasteiger partial charge is 0.221 e. The predicted molar refractivity (Wildman–Crippen MR) is 73.1 cm³/mol. The molecule has 0 radical (unpaired) electrons. The number of nitrogens with zero attached hydrogens (tertiary/aromatic N) is 3. The standard InChI is InChI=1S/C14H14N4O2/c1-9-12-13(17-18-16-12)11(7-19)14(15-9)20-8-10-5-3-2-4-6-10/h2-6,19H,7-8H2,1H3,(H,16,17,18). The zero-order valence-corrected chi connectivity index (χ0v) is 11.0. The van der Waals surface area contributed by atoms with Crippen LogP contribution in [0.3, 0.4) is 0 Å². The summed E-state index contributed by atoms with van der Waals surface area (Å²) in [5, 5.41) is 20.1. The molecule has 0 aliphatic rings. The first kappa shape index (κ1) is 12.6. The molecular weight excluding hydrogens is 256 g/mol. The van der Waals surface area contributed by atoms with Crippen LogP contribution in [0.2, 0.25) is 0 Å². The number of H-pyrrole nitrogens is 1. The highest BCUT2D eigenvalue weighted by Gasteiger charge is 2.15. The molecule has 0 aliphatic carbocycles. The van der Waals surface area contributed by atoms with Gasteiger partial charge >= 0.3 is 0 Å². The predicted octanol–water partition coefficient (Wildman–Crippen LogP) is 1.73. The Morgan fingerprint density at radius 3 is 2.65 bits per heavy atom. The molecule has 6 nitrogen and oxygen atoms in total. The second-order valence-electron chi connectivity index (χ2n) is 4.43. The van der Waals surface area contributed by atoms with Gasteiger partial charge in [0.25, 0.3) is 0 Å². The van der Waals surface area contributed by atoms with Crippen molar-refractivity contribution in [1.82, 2.24) is 20.4 Å². The number of aliphatic hydroxyl groups is 1. The number of hydrogen-bond donors (Lipinski definition) is 2. The molecule has 20 heavy (non-hydrogen) atoms. The zero-order chi connectivity index (χ0) is 13.9. The fourth-order valence-electron chi connectivity index (χ4n) is 2.06. The lowest BCUT2D eigenvalue weighted by atomic mass is 10.2. The van der Waals surface area contributed by atoms with Gasteiger partial charge < -0.3 is 9.84 Å². The molecule has 3 rings (SSSR count). The Labute approximate surface area is 115 Å². The number of nitrogens with one attached hydrogen (secondary N) is 1. The molecule has 0 fully saturated rings. The van der Waals surface area contributed by atoms with Gasteiger partial charge in [-0.15, -0.1) is 0 Å². The molecule has 0 unspecified atom stereocenters. The van der Waals surface area contributed by atoms with Gasteiger partial charge in [0.2, 0.25) is 5.88 Å². The van der Waals surface area contributed by atoms with E-state index in [2.05, 4.69) is 20.4 Å². The van der Waals surface area contributed by atoms with Gasteiger partial charge in [0.15, 0.2) is 0 Å². The second kappa shape index (κ2) is 5.26. The lowest BCUT2D eigenvalue weighted by molar-refractivity contribution is 0.254. The molecule has 0 amide bonds. The average molecular weight is 270 g/mol. The maximum absolute atomic E-state index is 9.52. The first-order chi connectivity index (χ1) is 9.79. The van der Waals surface area contributed by atoms with Crippen LogP contribution in [0.4, 0.5) is 0 Å². The van der Waals surface area contributed by atoms with Crippen LogP contribution < -0.4 is 4.74 Å². The lowest BCUT2D eigenvalue weighted by Gasteiger charge is -2.10. The summed E-state index contributed by atoms with van der Waals surface area (Å²) >= 11 is 0. The molecule has 0 bridgehead atoms. The van der Waals surface area contributed by atoms with Crippen molar-refractivity contribution >= 4 is 11.0 Å². The molecule has 2 aromatic heterocycles. The largest absolute Gasteiger partial charge is 0.472 e. The minimum atomic E-state index is -0.194. The van der Waals surface area contributed by atoms with E-state index in [0.717, 1.165) is 5.56 Å². The van der Waals surface area contributed by atoms with E-state index in [1.807, 2.05) is 37.3 Å². The topological polar surface area (TPSA) is 83.9 Å². The molecule has 6 heteroatoms. The van der Waals surface area contributed by atoms with Gasteiger partial charge in [-0.1, -0.05) is 30.3 Å². The third kappa shape index (κ3) is 2.21. The summed E-state index contributed by atoms with van der Waals surface area (Å²) in [5.41, 5.74) is 3.56. The Morgan fingerprint density at radius 2 is 1.90 bits per heavy atom. The Balaban J connectivity index is 1.94. The van der Waals surface area contributed by atoms with Gasteiger partial charge in [-0.05, 0) is 12.5 Å². The van der Waals surface area contributed by atoms with Crippen LogP contribution >= 0.6 is 0 Å². The third-order valence-corrected chi connectivity index (χ3v) is 3.08. The van der Waals surface area contributed by atoms with Crippen molar-refractivity contribution in [2.75, 3.05) is 0 Å². The maximum Gasteiger partial charge on any atom is 0.221 e. The third-order valence-electron chi connectivity index (χ3n) is 3.08. The van der Waals surface area contributed by atoms with E-state index < -0.39 is 0 Å². The van der Waals surface area contributed by atoms with Crippen LogP contribution in [0.1, 0.15) is 16.8 Å². The molecular formula is C14H14N4O2. The first-order valence-electron chi connectivity index (χ1n) is 6.27. The van der Waals surface area contributed by atoms with Gasteiger partial charge in [0.05, 0.1) is 17.9 Å². The highest BCUT2D eigenvalue weighted by atomic mass is 16.5. The number of aromatic amines is 1. The Hall–Kier alpha value is -2.47. The number of hydrogen-bond acceptors (Lipinski definition) is 5. The maximum atomic E-state index is 9.52. The summed E-state index contributed by atoms with van der Waals surface area (Å²) in [4.78, 5) is 4.35. The highest BCUT2D eigenvalue weighted by molar-refractivity contribution is 5.80. The molecule has 0 saturated heterocycles. The average Bonchev–Trinajstić information content (AvgIpc) is 2.96. The molecule has 0 aliphatic heterocycles. The number of ether oxygens (including phenoxy) is 1. The summed E-state index contributed by atoms with van der Waals surface area (Å²) in [7, 11) is 0. The van der Waals surface area contributed by atoms with E-state index in [1.165, 1.54) is 0 Å². The fourth-order valence-corrected chi connectivity index (χ4v) is 2.06. The molecule has 102 valence electrons. The summed E-state index contributed by atoms with van der Waals surface area (Å²) in [6.07, 6.45) is 0. The van der Waals surface area contributed by atoms with Crippen LogP contribution in [0, 0.1) is 6.92 Å². The lowest BCUT2D eigenvalue weighted by Crippen LogP contribution is -2.03. The number of fused-ring (bicyclic) bond motifs is 1. The Bertz CT molecular complexity index is 725. The SMILES string of the molecule is Cc1nc(OCc2ccccc2)c(CO)c2n[nH]nc12. The Kier molecular flexibility index (Phi) is 3.30. The van der Waals surface area contributed by atoms with Crippen LogP contribution in [-0.4, -0.2) is 25.5 Å². The van der Waals surface area contributed by atoms with Gasteiger partial charge in [-0.25, -0.2) is 4.98 Å². The van der Waals surface area contributed by atoms with Gasteiger partial charge in [-0.2, -0.15) is 15.4 Å². The number of pyridine rings is 1. The highest BCUT2D eigenvalue weighted by Crippen LogP contribution is 2.25. The van der Waals surface area contributed by atoms with Gasteiger partial charge in [-0.3, -0.25) is 0 Å². The van der Waals surface area contributed by atoms with E-state index in [0.29, 0.717) is 34.8 Å². The number of rotatable bonds is 4. The molecule has 1 aromatic carbocycles. The van der Waals surface area contributed by atoms with E-state index in [-0.39, 0.29) is 6.61 Å². The van der Waals surface area contributed by atoms with Crippen molar-refractivity contribution in [2.24, 2.45) is 0 Å². The molecule has 0 atom stereocenters. The quantitative estimate of drug-likeness (QED) is 0.754. The second-order valence-corrected chi connectivity index (χ2v) is 4.43. The van der Waals surface area contributed by atoms with Crippen LogP contribution in [0.15, 0.2) is 30.3 Å². The Morgan fingerprint density at radius 1 is 1.15 bits per heavy atom. The summed E-state index contributed by atoms with van der Waals surface area (Å²) in [6.45, 7) is 2.03. The molecule has 2 N–H and O–H groups in total. The number of aryl methyl sites for hydroxylation is 1. The van der Waals surface area contributed by atoms with Crippen molar-refractivity contribution in [3.63, 3.8) is 0 Å². The van der Waals surface area contributed by atoms with E-state index in [1.54, 1.807) is 0 Å². The van der Waals surface area contributed by atoms with E-state index in [4.69, 9.17) is 4.74 Å². The van der Waals surface area contributed by atoms with Crippen molar-refractivity contribution < 1.29 is 9.84 Å².